The first kappa shape index (κ1) is 22.6. The summed E-state index contributed by atoms with van der Waals surface area (Å²) in [6, 6.07) is 9.96. The average Bonchev–Trinajstić information content (AvgIpc) is 2.77. The molecule has 0 aliphatic heterocycles. The van der Waals surface area contributed by atoms with E-state index in [1.807, 2.05) is 30.3 Å². The van der Waals surface area contributed by atoms with Crippen molar-refractivity contribution in [2.45, 2.75) is 12.6 Å². The molecule has 5 N–H and O–H groups in total. The van der Waals surface area contributed by atoms with Crippen LogP contribution < -0.4 is 16.8 Å². The van der Waals surface area contributed by atoms with E-state index in [-0.39, 0.29) is 24.6 Å². The van der Waals surface area contributed by atoms with Gasteiger partial charge in [-0.05, 0) is 11.6 Å². The predicted octanol–water partition coefficient (Wildman–Crippen LogP) is 1.15. The number of hydrogen-bond acceptors (Lipinski definition) is 8. The fraction of sp³-hybridized carbons (Fsp3) is 0.238. The second-order valence-corrected chi connectivity index (χ2v) is 6.22. The van der Waals surface area contributed by atoms with E-state index >= 15 is 0 Å². The molecule has 9 heteroatoms. The number of pyridine rings is 1. The largest absolute Gasteiger partial charge is 0.467 e. The SMILES string of the molecule is CN=CC(=CN)c1cnc(N)c(C(=O)NC(COCc2ccccc2)C(=O)OC)c1. The Bertz CT molecular complexity index is 928. The standard InChI is InChI=1S/C21H25N5O4/c1-24-10-16(9-22)15-8-17(19(23)25-11-15)20(27)26-18(21(28)29-2)13-30-12-14-6-4-3-5-7-14/h3-11,18H,12-13,22H2,1-2H3,(H2,23,25)(H,26,27). The molecule has 0 aliphatic carbocycles. The van der Waals surface area contributed by atoms with E-state index in [2.05, 4.69) is 15.3 Å². The molecule has 1 heterocycles. The van der Waals surface area contributed by atoms with Crippen molar-refractivity contribution >= 4 is 29.5 Å². The van der Waals surface area contributed by atoms with Gasteiger partial charge in [-0.15, -0.1) is 0 Å². The molecular formula is C21H25N5O4. The van der Waals surface area contributed by atoms with Crippen LogP contribution in [0, 0.1) is 0 Å². The van der Waals surface area contributed by atoms with Crippen LogP contribution in [0.1, 0.15) is 21.5 Å². The minimum atomic E-state index is -1.02. The van der Waals surface area contributed by atoms with Crippen molar-refractivity contribution in [1.29, 1.82) is 0 Å². The molecule has 2 rings (SSSR count). The van der Waals surface area contributed by atoms with Gasteiger partial charge in [0.25, 0.3) is 5.91 Å². The topological polar surface area (TPSA) is 142 Å². The molecule has 0 fully saturated rings. The highest BCUT2D eigenvalue weighted by molar-refractivity contribution is 6.10. The van der Waals surface area contributed by atoms with E-state index in [4.69, 9.17) is 20.9 Å². The molecule has 30 heavy (non-hydrogen) atoms. The lowest BCUT2D eigenvalue weighted by Gasteiger charge is -2.17. The van der Waals surface area contributed by atoms with Crippen molar-refractivity contribution in [2.24, 2.45) is 10.7 Å². The highest BCUT2D eigenvalue weighted by Gasteiger charge is 2.24. The third-order valence-corrected chi connectivity index (χ3v) is 4.13. The molecule has 158 valence electrons. The normalized spacial score (nSPS) is 12.5. The number of methoxy groups -OCH3 is 1. The molecule has 0 spiro atoms. The van der Waals surface area contributed by atoms with Crippen molar-refractivity contribution < 1.29 is 19.1 Å². The van der Waals surface area contributed by atoms with Crippen molar-refractivity contribution in [3.63, 3.8) is 0 Å². The van der Waals surface area contributed by atoms with E-state index < -0.39 is 17.9 Å². The Kier molecular flexibility index (Phi) is 8.52. The van der Waals surface area contributed by atoms with E-state index in [9.17, 15) is 9.59 Å². The number of hydrogen-bond donors (Lipinski definition) is 3. The third-order valence-electron chi connectivity index (χ3n) is 4.13. The number of nitrogens with one attached hydrogen (secondary N) is 1. The van der Waals surface area contributed by atoms with Crippen LogP contribution >= 0.6 is 0 Å². The first-order valence-electron chi connectivity index (χ1n) is 9.10. The van der Waals surface area contributed by atoms with E-state index in [1.54, 1.807) is 7.05 Å². The molecular weight excluding hydrogens is 386 g/mol. The third kappa shape index (κ3) is 6.14. The highest BCUT2D eigenvalue weighted by Crippen LogP contribution is 2.17. The number of amides is 1. The summed E-state index contributed by atoms with van der Waals surface area (Å²) in [7, 11) is 2.83. The van der Waals surface area contributed by atoms with Gasteiger partial charge in [-0.3, -0.25) is 9.79 Å². The summed E-state index contributed by atoms with van der Waals surface area (Å²) >= 11 is 0. The number of ether oxygens (including phenoxy) is 2. The summed E-state index contributed by atoms with van der Waals surface area (Å²) in [5.41, 5.74) is 13.6. The van der Waals surface area contributed by atoms with Crippen LogP contribution in [0.15, 0.2) is 53.8 Å². The van der Waals surface area contributed by atoms with E-state index in [1.165, 1.54) is 31.8 Å². The lowest BCUT2D eigenvalue weighted by atomic mass is 10.1. The minimum absolute atomic E-state index is 0.00915. The Morgan fingerprint density at radius 3 is 2.67 bits per heavy atom. The van der Waals surface area contributed by atoms with Crippen LogP contribution in [0.25, 0.3) is 5.57 Å². The number of rotatable bonds is 9. The number of aromatic nitrogens is 1. The molecule has 0 aliphatic rings. The van der Waals surface area contributed by atoms with Gasteiger partial charge < -0.3 is 26.3 Å². The first-order chi connectivity index (χ1) is 14.5. The van der Waals surface area contributed by atoms with Crippen LogP contribution in [0.2, 0.25) is 0 Å². The Hall–Kier alpha value is -3.72. The lowest BCUT2D eigenvalue weighted by Crippen LogP contribution is -2.45. The average molecular weight is 411 g/mol. The molecule has 0 bridgehead atoms. The number of carbonyl (C=O) groups is 2. The number of nitrogens with two attached hydrogens (primary N) is 2. The number of anilines is 1. The van der Waals surface area contributed by atoms with Crippen molar-refractivity contribution in [3.05, 3.63) is 65.5 Å². The lowest BCUT2D eigenvalue weighted by molar-refractivity contribution is -0.144. The number of benzene rings is 1. The Balaban J connectivity index is 2.13. The highest BCUT2D eigenvalue weighted by atomic mass is 16.5. The van der Waals surface area contributed by atoms with Crippen molar-refractivity contribution in [1.82, 2.24) is 10.3 Å². The maximum atomic E-state index is 12.8. The van der Waals surface area contributed by atoms with Crippen molar-refractivity contribution in [2.75, 3.05) is 26.5 Å². The number of nitrogens with zero attached hydrogens (tertiary/aromatic N) is 2. The molecule has 0 saturated heterocycles. The quantitative estimate of drug-likeness (QED) is 0.415. The predicted molar refractivity (Wildman–Crippen MR) is 115 cm³/mol. The molecule has 0 radical (unpaired) electrons. The molecule has 1 unspecified atom stereocenters. The number of allylic oxidation sites excluding steroid dienone is 1. The summed E-state index contributed by atoms with van der Waals surface area (Å²) in [5, 5.41) is 2.58. The fourth-order valence-electron chi connectivity index (χ4n) is 2.58. The maximum absolute atomic E-state index is 12.8. The Morgan fingerprint density at radius 1 is 1.30 bits per heavy atom. The maximum Gasteiger partial charge on any atom is 0.330 e. The fourth-order valence-corrected chi connectivity index (χ4v) is 2.58. The van der Waals surface area contributed by atoms with Gasteiger partial charge in [0.05, 0.1) is 25.9 Å². The molecule has 1 aromatic heterocycles. The van der Waals surface area contributed by atoms with E-state index in [0.717, 1.165) is 5.56 Å². The van der Waals surface area contributed by atoms with Gasteiger partial charge in [0, 0.05) is 36.8 Å². The van der Waals surface area contributed by atoms with Gasteiger partial charge in [0.15, 0.2) is 6.04 Å². The number of aliphatic imine (C=N–C) groups is 1. The van der Waals surface area contributed by atoms with Gasteiger partial charge in [-0.25, -0.2) is 9.78 Å². The number of carbonyl (C=O) groups excluding carboxylic acids is 2. The summed E-state index contributed by atoms with van der Waals surface area (Å²) in [5.74, 6) is -1.22. The van der Waals surface area contributed by atoms with Crippen molar-refractivity contribution in [3.8, 4) is 0 Å². The van der Waals surface area contributed by atoms with Gasteiger partial charge in [0.1, 0.15) is 5.82 Å². The molecule has 1 atom stereocenters. The smallest absolute Gasteiger partial charge is 0.330 e. The Morgan fingerprint density at radius 2 is 2.03 bits per heavy atom. The van der Waals surface area contributed by atoms with Gasteiger partial charge in [-0.2, -0.15) is 0 Å². The first-order valence-corrected chi connectivity index (χ1v) is 9.10. The van der Waals surface area contributed by atoms with Crippen LogP contribution in [0.5, 0.6) is 0 Å². The summed E-state index contributed by atoms with van der Waals surface area (Å²) in [4.78, 5) is 32.8. The molecule has 2 aromatic rings. The van der Waals surface area contributed by atoms with Crippen LogP contribution in [0.3, 0.4) is 0 Å². The summed E-state index contributed by atoms with van der Waals surface area (Å²) in [6.45, 7) is 0.209. The Labute approximate surface area is 174 Å². The van der Waals surface area contributed by atoms with E-state index in [0.29, 0.717) is 11.1 Å². The number of nitrogen functional groups attached to an aromatic ring is 1. The second-order valence-electron chi connectivity index (χ2n) is 6.22. The van der Waals surface area contributed by atoms with Gasteiger partial charge in [0.2, 0.25) is 0 Å². The van der Waals surface area contributed by atoms with Gasteiger partial charge >= 0.3 is 5.97 Å². The summed E-state index contributed by atoms with van der Waals surface area (Å²) < 4.78 is 10.3. The van der Waals surface area contributed by atoms with Crippen LogP contribution in [-0.4, -0.2) is 49.9 Å². The molecule has 1 aromatic carbocycles. The van der Waals surface area contributed by atoms with Crippen LogP contribution in [0.4, 0.5) is 5.82 Å². The zero-order valence-corrected chi connectivity index (χ0v) is 16.9. The van der Waals surface area contributed by atoms with Gasteiger partial charge in [-0.1, -0.05) is 30.3 Å². The molecule has 0 saturated carbocycles. The minimum Gasteiger partial charge on any atom is -0.467 e. The molecule has 1 amide bonds. The van der Waals surface area contributed by atoms with Crippen LogP contribution in [-0.2, 0) is 20.9 Å². The zero-order valence-electron chi connectivity index (χ0n) is 16.9. The summed E-state index contributed by atoms with van der Waals surface area (Å²) in [6.07, 6.45) is 4.35. The second kappa shape index (κ2) is 11.3. The number of esters is 1. The molecule has 9 nitrogen and oxygen atoms in total. The monoisotopic (exact) mass is 411 g/mol. The zero-order chi connectivity index (χ0) is 21.9.